The van der Waals surface area contributed by atoms with Gasteiger partial charge >= 0.3 is 0 Å². The summed E-state index contributed by atoms with van der Waals surface area (Å²) >= 11 is 0. The number of nitrogens with one attached hydrogen (secondary N) is 2. The van der Waals surface area contributed by atoms with Crippen molar-refractivity contribution in [1.82, 2.24) is 14.9 Å². The summed E-state index contributed by atoms with van der Waals surface area (Å²) in [6.45, 7) is 2.81. The second kappa shape index (κ2) is 6.19. The van der Waals surface area contributed by atoms with E-state index in [-0.39, 0.29) is 11.6 Å². The minimum atomic E-state index is -0.392. The van der Waals surface area contributed by atoms with Crippen LogP contribution in [0, 0.1) is 0 Å². The SMILES string of the molecule is Nc1c(NCCC(=O)N2CCOCC2)nc[nH]c1=O. The van der Waals surface area contributed by atoms with E-state index in [1.165, 1.54) is 6.33 Å². The van der Waals surface area contributed by atoms with Crippen LogP contribution in [0.25, 0.3) is 0 Å². The van der Waals surface area contributed by atoms with Crippen LogP contribution >= 0.6 is 0 Å². The van der Waals surface area contributed by atoms with Crippen molar-refractivity contribution in [3.8, 4) is 0 Å². The Labute approximate surface area is 110 Å². The molecule has 2 heterocycles. The van der Waals surface area contributed by atoms with Crippen LogP contribution < -0.4 is 16.6 Å². The topological polar surface area (TPSA) is 113 Å². The number of carbonyl (C=O) groups is 1. The Hall–Kier alpha value is -2.09. The Morgan fingerprint density at radius 1 is 1.53 bits per heavy atom. The Morgan fingerprint density at radius 2 is 2.26 bits per heavy atom. The van der Waals surface area contributed by atoms with Crippen LogP contribution in [0.4, 0.5) is 11.5 Å². The van der Waals surface area contributed by atoms with Crippen molar-refractivity contribution in [2.45, 2.75) is 6.42 Å². The van der Waals surface area contributed by atoms with Gasteiger partial charge in [0, 0.05) is 26.1 Å². The number of hydrogen-bond donors (Lipinski definition) is 3. The number of amides is 1. The number of aromatic amines is 1. The first-order valence-corrected chi connectivity index (χ1v) is 6.11. The maximum atomic E-state index is 11.9. The van der Waals surface area contributed by atoms with Crippen LogP contribution in [0.15, 0.2) is 11.1 Å². The standard InChI is InChI=1S/C11H17N5O3/c12-9-10(14-7-15-11(9)18)13-2-1-8(17)16-3-5-19-6-4-16/h7H,1-6,12H2,(H2,13,14,15,18). The van der Waals surface area contributed by atoms with E-state index in [1.807, 2.05) is 0 Å². The van der Waals surface area contributed by atoms with E-state index in [0.29, 0.717) is 45.1 Å². The zero-order valence-corrected chi connectivity index (χ0v) is 10.5. The molecule has 1 aromatic rings. The third kappa shape index (κ3) is 3.44. The summed E-state index contributed by atoms with van der Waals surface area (Å²) in [5, 5.41) is 2.89. The molecule has 1 aromatic heterocycles. The average Bonchev–Trinajstić information content (AvgIpc) is 2.44. The van der Waals surface area contributed by atoms with E-state index in [2.05, 4.69) is 15.3 Å². The van der Waals surface area contributed by atoms with Crippen LogP contribution in [-0.4, -0.2) is 53.6 Å². The summed E-state index contributed by atoms with van der Waals surface area (Å²) in [6, 6.07) is 0. The quantitative estimate of drug-likeness (QED) is 0.645. The fourth-order valence-electron chi connectivity index (χ4n) is 1.81. The van der Waals surface area contributed by atoms with Gasteiger partial charge < -0.3 is 25.7 Å². The number of hydrogen-bond acceptors (Lipinski definition) is 6. The van der Waals surface area contributed by atoms with Crippen molar-refractivity contribution in [2.24, 2.45) is 0 Å². The molecule has 0 radical (unpaired) electrons. The molecule has 0 saturated carbocycles. The molecule has 0 unspecified atom stereocenters. The minimum absolute atomic E-state index is 0.0290. The maximum Gasteiger partial charge on any atom is 0.276 e. The minimum Gasteiger partial charge on any atom is -0.391 e. The number of rotatable bonds is 4. The van der Waals surface area contributed by atoms with E-state index in [1.54, 1.807) is 4.90 Å². The van der Waals surface area contributed by atoms with E-state index in [0.717, 1.165) is 0 Å². The molecule has 8 nitrogen and oxygen atoms in total. The molecule has 0 atom stereocenters. The van der Waals surface area contributed by atoms with Crippen molar-refractivity contribution >= 4 is 17.4 Å². The molecule has 104 valence electrons. The van der Waals surface area contributed by atoms with E-state index >= 15 is 0 Å². The number of H-pyrrole nitrogens is 1. The molecule has 1 aliphatic heterocycles. The van der Waals surface area contributed by atoms with E-state index in [9.17, 15) is 9.59 Å². The third-order valence-electron chi connectivity index (χ3n) is 2.88. The Bertz CT molecular complexity index is 495. The summed E-state index contributed by atoms with van der Waals surface area (Å²) in [5.41, 5.74) is 5.20. The molecule has 1 aliphatic rings. The second-order valence-corrected chi connectivity index (χ2v) is 4.16. The number of nitrogens with zero attached hydrogens (tertiary/aromatic N) is 2. The Morgan fingerprint density at radius 3 is 3.00 bits per heavy atom. The average molecular weight is 267 g/mol. The second-order valence-electron chi connectivity index (χ2n) is 4.16. The largest absolute Gasteiger partial charge is 0.391 e. The number of nitrogen functional groups attached to an aromatic ring is 1. The fraction of sp³-hybridized carbons (Fsp3) is 0.545. The molecule has 0 aromatic carbocycles. The van der Waals surface area contributed by atoms with Gasteiger partial charge in [-0.25, -0.2) is 4.98 Å². The predicted octanol–water partition coefficient (Wildman–Crippen LogP) is -0.987. The number of carbonyl (C=O) groups excluding carboxylic acids is 1. The summed E-state index contributed by atoms with van der Waals surface area (Å²) in [5.74, 6) is 0.359. The van der Waals surface area contributed by atoms with Crippen molar-refractivity contribution in [2.75, 3.05) is 43.9 Å². The maximum absolute atomic E-state index is 11.9. The van der Waals surface area contributed by atoms with Gasteiger partial charge in [0.25, 0.3) is 5.56 Å². The monoisotopic (exact) mass is 267 g/mol. The van der Waals surface area contributed by atoms with Gasteiger partial charge in [0.15, 0.2) is 5.82 Å². The van der Waals surface area contributed by atoms with Gasteiger partial charge in [0.05, 0.1) is 19.5 Å². The van der Waals surface area contributed by atoms with E-state index in [4.69, 9.17) is 10.5 Å². The molecule has 4 N–H and O–H groups in total. The van der Waals surface area contributed by atoms with Crippen LogP contribution in [0.1, 0.15) is 6.42 Å². The first kappa shape index (κ1) is 13.3. The Kier molecular flexibility index (Phi) is 4.35. The predicted molar refractivity (Wildman–Crippen MR) is 69.8 cm³/mol. The van der Waals surface area contributed by atoms with Crippen molar-refractivity contribution in [3.63, 3.8) is 0 Å². The highest BCUT2D eigenvalue weighted by molar-refractivity contribution is 5.77. The van der Waals surface area contributed by atoms with Gasteiger partial charge in [-0.3, -0.25) is 9.59 Å². The molecule has 0 spiro atoms. The highest BCUT2D eigenvalue weighted by Gasteiger charge is 2.16. The van der Waals surface area contributed by atoms with Crippen LogP contribution in [0.3, 0.4) is 0 Å². The molecule has 0 bridgehead atoms. The lowest BCUT2D eigenvalue weighted by atomic mass is 10.3. The third-order valence-corrected chi connectivity index (χ3v) is 2.88. The summed E-state index contributed by atoms with van der Waals surface area (Å²) in [4.78, 5) is 31.1. The number of aromatic nitrogens is 2. The lowest BCUT2D eigenvalue weighted by Crippen LogP contribution is -2.41. The number of anilines is 2. The molecular formula is C11H17N5O3. The number of ether oxygens (including phenoxy) is 1. The van der Waals surface area contributed by atoms with Gasteiger partial charge in [-0.15, -0.1) is 0 Å². The molecule has 19 heavy (non-hydrogen) atoms. The van der Waals surface area contributed by atoms with Gasteiger partial charge in [-0.2, -0.15) is 0 Å². The van der Waals surface area contributed by atoms with Crippen LogP contribution in [0.5, 0.6) is 0 Å². The molecule has 1 fully saturated rings. The van der Waals surface area contributed by atoms with Crippen LogP contribution in [0.2, 0.25) is 0 Å². The summed E-state index contributed by atoms with van der Waals surface area (Å²) in [6.07, 6.45) is 1.60. The molecule has 0 aliphatic carbocycles. The first-order chi connectivity index (χ1) is 9.18. The Balaban J connectivity index is 1.81. The molecular weight excluding hydrogens is 250 g/mol. The van der Waals surface area contributed by atoms with Crippen molar-refractivity contribution < 1.29 is 9.53 Å². The summed E-state index contributed by atoms with van der Waals surface area (Å²) < 4.78 is 5.18. The highest BCUT2D eigenvalue weighted by atomic mass is 16.5. The molecule has 2 rings (SSSR count). The molecule has 8 heteroatoms. The first-order valence-electron chi connectivity index (χ1n) is 6.11. The highest BCUT2D eigenvalue weighted by Crippen LogP contribution is 2.07. The molecule has 1 saturated heterocycles. The van der Waals surface area contributed by atoms with Gasteiger partial charge in [0.1, 0.15) is 5.69 Å². The lowest BCUT2D eigenvalue weighted by Gasteiger charge is -2.26. The van der Waals surface area contributed by atoms with Gasteiger partial charge in [-0.05, 0) is 0 Å². The summed E-state index contributed by atoms with van der Waals surface area (Å²) in [7, 11) is 0. The lowest BCUT2D eigenvalue weighted by molar-refractivity contribution is -0.134. The number of morpholine rings is 1. The zero-order chi connectivity index (χ0) is 13.7. The van der Waals surface area contributed by atoms with Crippen molar-refractivity contribution in [1.29, 1.82) is 0 Å². The zero-order valence-electron chi connectivity index (χ0n) is 10.5. The van der Waals surface area contributed by atoms with Gasteiger partial charge in [-0.1, -0.05) is 0 Å². The normalized spacial score (nSPS) is 15.3. The van der Waals surface area contributed by atoms with Gasteiger partial charge in [0.2, 0.25) is 5.91 Å². The van der Waals surface area contributed by atoms with E-state index < -0.39 is 5.56 Å². The molecule has 1 amide bonds. The fourth-order valence-corrected chi connectivity index (χ4v) is 1.81. The smallest absolute Gasteiger partial charge is 0.276 e. The number of nitrogens with two attached hydrogens (primary N) is 1. The van der Waals surface area contributed by atoms with Crippen molar-refractivity contribution in [3.05, 3.63) is 16.7 Å². The van der Waals surface area contributed by atoms with Crippen LogP contribution in [-0.2, 0) is 9.53 Å².